The molecule has 3 heterocycles. The maximum atomic E-state index is 6.41. The van der Waals surface area contributed by atoms with Crippen molar-refractivity contribution < 1.29 is 4.74 Å². The maximum absolute atomic E-state index is 6.41. The summed E-state index contributed by atoms with van der Waals surface area (Å²) in [5.74, 6) is 1.78. The van der Waals surface area contributed by atoms with Gasteiger partial charge in [-0.3, -0.25) is 0 Å². The van der Waals surface area contributed by atoms with E-state index in [4.69, 9.17) is 4.74 Å². The van der Waals surface area contributed by atoms with Gasteiger partial charge in [-0.15, -0.1) is 0 Å². The summed E-state index contributed by atoms with van der Waals surface area (Å²) in [6.45, 7) is 0. The fourth-order valence-electron chi connectivity index (χ4n) is 7.33. The van der Waals surface area contributed by atoms with E-state index in [9.17, 15) is 0 Å². The van der Waals surface area contributed by atoms with Crippen molar-refractivity contribution in [2.24, 2.45) is 0 Å². The van der Waals surface area contributed by atoms with Crippen molar-refractivity contribution in [1.29, 1.82) is 0 Å². The molecule has 0 radical (unpaired) electrons. The molecule has 0 fully saturated rings. The van der Waals surface area contributed by atoms with Crippen molar-refractivity contribution in [2.75, 3.05) is 0 Å². The van der Waals surface area contributed by atoms with Crippen molar-refractivity contribution in [2.45, 2.75) is 0 Å². The van der Waals surface area contributed by atoms with Crippen LogP contribution in [0.4, 0.5) is 0 Å². The number of rotatable bonds is 3. The summed E-state index contributed by atoms with van der Waals surface area (Å²) in [6, 6.07) is 56.5. The minimum atomic E-state index is 0.883. The van der Waals surface area contributed by atoms with E-state index in [1.807, 2.05) is 12.1 Å². The van der Waals surface area contributed by atoms with E-state index >= 15 is 0 Å². The fourth-order valence-corrected chi connectivity index (χ4v) is 7.33. The number of fused-ring (bicyclic) bond motifs is 8. The Morgan fingerprint density at radius 2 is 0.911 bits per heavy atom. The molecule has 10 rings (SSSR count). The highest BCUT2D eigenvalue weighted by molar-refractivity contribution is 6.18. The van der Waals surface area contributed by atoms with Crippen LogP contribution in [0.1, 0.15) is 0 Å². The smallest absolute Gasteiger partial charge is 0.152 e. The van der Waals surface area contributed by atoms with Gasteiger partial charge in [-0.25, -0.2) is 0 Å². The van der Waals surface area contributed by atoms with Crippen LogP contribution in [0, 0.1) is 0 Å². The molecule has 9 aromatic rings. The van der Waals surface area contributed by atoms with Crippen molar-refractivity contribution in [3.8, 4) is 45.1 Å². The first-order valence-electron chi connectivity index (χ1n) is 15.4. The maximum Gasteiger partial charge on any atom is 0.152 e. The SMILES string of the molecule is c1ccc2c(c1)Oc1ccc(-c3ccc(-c4ccc(-n5c6ccccc6c6ccccc65)cc4)cc3)c3c4ccccc4n-2c13. The average Bonchev–Trinajstić information content (AvgIpc) is 3.64. The Balaban J connectivity index is 1.06. The first kappa shape index (κ1) is 24.4. The number of hydrogen-bond donors (Lipinski definition) is 0. The summed E-state index contributed by atoms with van der Waals surface area (Å²) in [7, 11) is 0. The quantitative estimate of drug-likeness (QED) is 0.205. The molecule has 45 heavy (non-hydrogen) atoms. The number of ether oxygens (including phenoxy) is 1. The second-order valence-electron chi connectivity index (χ2n) is 11.8. The molecule has 2 aromatic heterocycles. The van der Waals surface area contributed by atoms with Crippen molar-refractivity contribution in [3.05, 3.63) is 158 Å². The molecule has 3 nitrogen and oxygen atoms in total. The Morgan fingerprint density at radius 1 is 0.378 bits per heavy atom. The van der Waals surface area contributed by atoms with Gasteiger partial charge in [-0.1, -0.05) is 103 Å². The second-order valence-corrected chi connectivity index (χ2v) is 11.8. The van der Waals surface area contributed by atoms with Crippen LogP contribution < -0.4 is 4.74 Å². The highest BCUT2D eigenvalue weighted by atomic mass is 16.5. The first-order chi connectivity index (χ1) is 22.3. The molecule has 1 aliphatic heterocycles. The second kappa shape index (κ2) is 9.22. The number of nitrogens with zero attached hydrogens (tertiary/aromatic N) is 2. The number of para-hydroxylation sites is 5. The van der Waals surface area contributed by atoms with Crippen molar-refractivity contribution >= 4 is 43.6 Å². The summed E-state index contributed by atoms with van der Waals surface area (Å²) in [5, 5.41) is 5.01. The molecule has 0 unspecified atom stereocenters. The molecule has 0 spiro atoms. The predicted molar refractivity (Wildman–Crippen MR) is 186 cm³/mol. The lowest BCUT2D eigenvalue weighted by atomic mass is 9.96. The topological polar surface area (TPSA) is 19.1 Å². The monoisotopic (exact) mass is 574 g/mol. The highest BCUT2D eigenvalue weighted by Crippen LogP contribution is 2.48. The lowest BCUT2D eigenvalue weighted by Crippen LogP contribution is -2.03. The molecular formula is C42H26N2O. The standard InChI is InChI=1S/C42H26N2O/c1-4-12-35-32(9-1)33-10-2-5-13-36(33)43(35)30-23-21-28(22-24-30)27-17-19-29(20-18-27)31-25-26-40-42-41(31)34-11-3-6-14-37(34)44(42)38-15-7-8-16-39(38)45-40/h1-26H. The van der Waals surface area contributed by atoms with E-state index in [0.717, 1.165) is 28.4 Å². The number of aromatic nitrogens is 2. The van der Waals surface area contributed by atoms with Crippen LogP contribution >= 0.6 is 0 Å². The average molecular weight is 575 g/mol. The summed E-state index contributed by atoms with van der Waals surface area (Å²) in [5.41, 5.74) is 11.8. The Morgan fingerprint density at radius 3 is 1.60 bits per heavy atom. The molecule has 0 bridgehead atoms. The molecule has 7 aromatic carbocycles. The zero-order valence-electron chi connectivity index (χ0n) is 24.3. The van der Waals surface area contributed by atoms with Crippen LogP contribution in [0.5, 0.6) is 11.5 Å². The van der Waals surface area contributed by atoms with E-state index < -0.39 is 0 Å². The van der Waals surface area contributed by atoms with Gasteiger partial charge in [0.05, 0.1) is 27.8 Å². The van der Waals surface area contributed by atoms with Crippen LogP contribution in [-0.2, 0) is 0 Å². The third-order valence-electron chi connectivity index (χ3n) is 9.34. The third-order valence-corrected chi connectivity index (χ3v) is 9.34. The van der Waals surface area contributed by atoms with E-state index in [-0.39, 0.29) is 0 Å². The molecule has 0 saturated heterocycles. The summed E-state index contributed by atoms with van der Waals surface area (Å²) in [4.78, 5) is 0. The molecule has 0 amide bonds. The molecule has 3 heteroatoms. The molecule has 0 saturated carbocycles. The third kappa shape index (κ3) is 3.46. The van der Waals surface area contributed by atoms with E-state index in [1.54, 1.807) is 0 Å². The minimum absolute atomic E-state index is 0.883. The van der Waals surface area contributed by atoms with Gasteiger partial charge in [0.1, 0.15) is 0 Å². The van der Waals surface area contributed by atoms with Gasteiger partial charge >= 0.3 is 0 Å². The van der Waals surface area contributed by atoms with E-state index in [2.05, 4.69) is 155 Å². The van der Waals surface area contributed by atoms with Gasteiger partial charge in [0.2, 0.25) is 0 Å². The van der Waals surface area contributed by atoms with Crippen LogP contribution in [0.3, 0.4) is 0 Å². The van der Waals surface area contributed by atoms with Gasteiger partial charge in [0.25, 0.3) is 0 Å². The van der Waals surface area contributed by atoms with Crippen LogP contribution in [-0.4, -0.2) is 9.13 Å². The summed E-state index contributed by atoms with van der Waals surface area (Å²) in [6.07, 6.45) is 0. The Kier molecular flexibility index (Phi) is 5.00. The lowest BCUT2D eigenvalue weighted by Gasteiger charge is -2.21. The predicted octanol–water partition coefficient (Wildman–Crippen LogP) is 11.3. The summed E-state index contributed by atoms with van der Waals surface area (Å²) < 4.78 is 11.1. The van der Waals surface area contributed by atoms with Gasteiger partial charge < -0.3 is 13.9 Å². The first-order valence-corrected chi connectivity index (χ1v) is 15.4. The fraction of sp³-hybridized carbons (Fsp3) is 0. The van der Waals surface area contributed by atoms with Crippen LogP contribution in [0.25, 0.3) is 77.2 Å². The lowest BCUT2D eigenvalue weighted by molar-refractivity contribution is 0.476. The molecule has 210 valence electrons. The zero-order valence-corrected chi connectivity index (χ0v) is 24.3. The normalized spacial score (nSPS) is 12.2. The largest absolute Gasteiger partial charge is 0.453 e. The number of benzene rings is 7. The molecular weight excluding hydrogens is 548 g/mol. The van der Waals surface area contributed by atoms with Gasteiger partial charge in [0, 0.05) is 27.2 Å². The Hall–Kier alpha value is -6.06. The minimum Gasteiger partial charge on any atom is -0.453 e. The summed E-state index contributed by atoms with van der Waals surface area (Å²) >= 11 is 0. The zero-order chi connectivity index (χ0) is 29.5. The Labute approximate surface area is 259 Å². The molecule has 0 N–H and O–H groups in total. The number of hydrogen-bond acceptors (Lipinski definition) is 1. The molecule has 0 aliphatic carbocycles. The van der Waals surface area contributed by atoms with Crippen molar-refractivity contribution in [3.63, 3.8) is 0 Å². The van der Waals surface area contributed by atoms with Crippen LogP contribution in [0.15, 0.2) is 158 Å². The van der Waals surface area contributed by atoms with E-state index in [1.165, 1.54) is 60.3 Å². The van der Waals surface area contributed by atoms with E-state index in [0.29, 0.717) is 0 Å². The highest BCUT2D eigenvalue weighted by Gasteiger charge is 2.25. The van der Waals surface area contributed by atoms with Crippen LogP contribution in [0.2, 0.25) is 0 Å². The Bertz CT molecular complexity index is 2550. The van der Waals surface area contributed by atoms with Crippen molar-refractivity contribution in [1.82, 2.24) is 9.13 Å². The molecule has 0 atom stereocenters. The molecule has 1 aliphatic rings. The van der Waals surface area contributed by atoms with Gasteiger partial charge in [0.15, 0.2) is 11.5 Å². The van der Waals surface area contributed by atoms with Gasteiger partial charge in [-0.2, -0.15) is 0 Å². The van der Waals surface area contributed by atoms with Gasteiger partial charge in [-0.05, 0) is 76.9 Å².